The second kappa shape index (κ2) is 8.87. The fraction of sp³-hybridized carbons (Fsp3) is 0.611. The molecular formula is C18H27BrN2O4. The minimum absolute atomic E-state index is 0.148. The van der Waals surface area contributed by atoms with E-state index in [9.17, 15) is 4.79 Å². The lowest BCUT2D eigenvalue weighted by atomic mass is 10.1. The van der Waals surface area contributed by atoms with Crippen LogP contribution >= 0.6 is 15.9 Å². The van der Waals surface area contributed by atoms with Crippen LogP contribution in [0.1, 0.15) is 31.1 Å². The smallest absolute Gasteiger partial charge is 0.251 e. The van der Waals surface area contributed by atoms with E-state index in [0.29, 0.717) is 28.1 Å². The third kappa shape index (κ3) is 5.09. The number of nitrogens with zero attached hydrogens (tertiary/aromatic N) is 1. The number of morpholine rings is 1. The van der Waals surface area contributed by atoms with Crippen molar-refractivity contribution >= 4 is 21.8 Å². The van der Waals surface area contributed by atoms with Gasteiger partial charge >= 0.3 is 0 Å². The summed E-state index contributed by atoms with van der Waals surface area (Å²) in [6, 6.07) is 3.63. The molecule has 0 radical (unpaired) electrons. The van der Waals surface area contributed by atoms with Crippen LogP contribution in [0.3, 0.4) is 0 Å². The molecule has 140 valence electrons. The molecule has 3 atom stereocenters. The molecule has 6 nitrogen and oxygen atoms in total. The quantitative estimate of drug-likeness (QED) is 0.775. The van der Waals surface area contributed by atoms with Crippen LogP contribution in [0.4, 0.5) is 0 Å². The van der Waals surface area contributed by atoms with Crippen molar-refractivity contribution in [3.8, 4) is 11.5 Å². The van der Waals surface area contributed by atoms with Crippen molar-refractivity contribution in [2.24, 2.45) is 0 Å². The second-order valence-electron chi connectivity index (χ2n) is 6.47. The molecule has 1 fully saturated rings. The fourth-order valence-corrected chi connectivity index (χ4v) is 3.60. The molecule has 1 aliphatic rings. The molecule has 1 amide bonds. The number of rotatable bonds is 6. The van der Waals surface area contributed by atoms with Gasteiger partial charge in [-0.3, -0.25) is 9.69 Å². The molecule has 1 aromatic rings. The standard InChI is InChI=1S/C18H27BrN2O4/c1-11(21-9-12(2)25-13(3)10-21)8-20-18(22)14-6-15(23-4)17(19)16(7-14)24-5/h6-7,11-13H,8-10H2,1-5H3,(H,20,22). The first-order valence-corrected chi connectivity index (χ1v) is 9.24. The Morgan fingerprint density at radius 3 is 2.28 bits per heavy atom. The highest BCUT2D eigenvalue weighted by Crippen LogP contribution is 2.35. The van der Waals surface area contributed by atoms with Gasteiger partial charge in [0.05, 0.1) is 26.4 Å². The van der Waals surface area contributed by atoms with Crippen molar-refractivity contribution in [2.45, 2.75) is 39.0 Å². The number of ether oxygens (including phenoxy) is 3. The van der Waals surface area contributed by atoms with E-state index in [4.69, 9.17) is 14.2 Å². The lowest BCUT2D eigenvalue weighted by Gasteiger charge is -2.39. The molecule has 3 unspecified atom stereocenters. The summed E-state index contributed by atoms with van der Waals surface area (Å²) in [7, 11) is 3.12. The number of carbonyl (C=O) groups excluding carboxylic acids is 1. The van der Waals surface area contributed by atoms with Crippen molar-refractivity contribution in [2.75, 3.05) is 33.9 Å². The van der Waals surface area contributed by atoms with Crippen molar-refractivity contribution in [3.05, 3.63) is 22.2 Å². The van der Waals surface area contributed by atoms with Gasteiger partial charge in [-0.2, -0.15) is 0 Å². The molecule has 0 aliphatic carbocycles. The van der Waals surface area contributed by atoms with Crippen LogP contribution < -0.4 is 14.8 Å². The number of benzene rings is 1. The Labute approximate surface area is 157 Å². The summed E-state index contributed by atoms with van der Waals surface area (Å²) in [5, 5.41) is 3.00. The first-order chi connectivity index (χ1) is 11.8. The largest absolute Gasteiger partial charge is 0.495 e. The molecule has 25 heavy (non-hydrogen) atoms. The Hall–Kier alpha value is -1.31. The average Bonchev–Trinajstić information content (AvgIpc) is 2.58. The summed E-state index contributed by atoms with van der Waals surface area (Å²) in [4.78, 5) is 14.9. The SMILES string of the molecule is COc1cc(C(=O)NCC(C)N2CC(C)OC(C)C2)cc(OC)c1Br. The topological polar surface area (TPSA) is 60.0 Å². The minimum Gasteiger partial charge on any atom is -0.495 e. The third-order valence-corrected chi connectivity index (χ3v) is 5.12. The summed E-state index contributed by atoms with van der Waals surface area (Å²) in [6.45, 7) is 8.60. The maximum Gasteiger partial charge on any atom is 0.251 e. The molecule has 1 aliphatic heterocycles. The van der Waals surface area contributed by atoms with Gasteiger partial charge in [-0.05, 0) is 48.8 Å². The number of hydrogen-bond acceptors (Lipinski definition) is 5. The van der Waals surface area contributed by atoms with Crippen molar-refractivity contribution in [1.82, 2.24) is 10.2 Å². The molecule has 0 spiro atoms. The van der Waals surface area contributed by atoms with Gasteiger partial charge in [0.2, 0.25) is 0 Å². The maximum atomic E-state index is 12.5. The molecule has 0 bridgehead atoms. The van der Waals surface area contributed by atoms with Crippen LogP contribution in [0.5, 0.6) is 11.5 Å². The number of amides is 1. The number of carbonyl (C=O) groups is 1. The molecule has 1 saturated heterocycles. The Morgan fingerprint density at radius 2 is 1.80 bits per heavy atom. The zero-order chi connectivity index (χ0) is 18.6. The van der Waals surface area contributed by atoms with Gasteiger partial charge in [0, 0.05) is 31.2 Å². The molecule has 7 heteroatoms. The highest BCUT2D eigenvalue weighted by molar-refractivity contribution is 9.10. The zero-order valence-corrected chi connectivity index (χ0v) is 17.1. The van der Waals surface area contributed by atoms with E-state index in [1.165, 1.54) is 0 Å². The number of hydrogen-bond donors (Lipinski definition) is 1. The summed E-state index contributed by atoms with van der Waals surface area (Å²) < 4.78 is 17.0. The van der Waals surface area contributed by atoms with Gasteiger partial charge in [-0.1, -0.05) is 0 Å². The molecular weight excluding hydrogens is 388 g/mol. The van der Waals surface area contributed by atoms with Gasteiger partial charge in [-0.15, -0.1) is 0 Å². The summed E-state index contributed by atoms with van der Waals surface area (Å²) in [5.74, 6) is 0.979. The Morgan fingerprint density at radius 1 is 1.28 bits per heavy atom. The molecule has 1 heterocycles. The summed E-state index contributed by atoms with van der Waals surface area (Å²) >= 11 is 3.41. The predicted octanol–water partition coefficient (Wildman–Crippen LogP) is 2.69. The van der Waals surface area contributed by atoms with Crippen molar-refractivity contribution in [3.63, 3.8) is 0 Å². The Kier molecular flexibility index (Phi) is 7.10. The number of nitrogens with one attached hydrogen (secondary N) is 1. The molecule has 2 rings (SSSR count). The van der Waals surface area contributed by atoms with E-state index >= 15 is 0 Å². The Bertz CT molecular complexity index is 576. The lowest BCUT2D eigenvalue weighted by Crippen LogP contribution is -2.52. The van der Waals surface area contributed by atoms with E-state index in [0.717, 1.165) is 13.1 Å². The van der Waals surface area contributed by atoms with E-state index in [1.807, 2.05) is 0 Å². The summed E-state index contributed by atoms with van der Waals surface area (Å²) in [6.07, 6.45) is 0.420. The molecule has 0 saturated carbocycles. The van der Waals surface area contributed by atoms with Crippen LogP contribution in [-0.4, -0.2) is 62.9 Å². The van der Waals surface area contributed by atoms with Crippen LogP contribution in [0.15, 0.2) is 16.6 Å². The highest BCUT2D eigenvalue weighted by Gasteiger charge is 2.26. The summed E-state index contributed by atoms with van der Waals surface area (Å²) in [5.41, 5.74) is 0.507. The van der Waals surface area contributed by atoms with Crippen LogP contribution in [0.2, 0.25) is 0 Å². The van der Waals surface area contributed by atoms with Crippen molar-refractivity contribution < 1.29 is 19.0 Å². The molecule has 1 aromatic carbocycles. The number of halogens is 1. The van der Waals surface area contributed by atoms with E-state index in [-0.39, 0.29) is 24.2 Å². The predicted molar refractivity (Wildman–Crippen MR) is 101 cm³/mol. The third-order valence-electron chi connectivity index (χ3n) is 4.34. The fourth-order valence-electron chi connectivity index (χ4n) is 3.05. The first kappa shape index (κ1) is 20.0. The van der Waals surface area contributed by atoms with Crippen LogP contribution in [0, 0.1) is 0 Å². The maximum absolute atomic E-state index is 12.5. The van der Waals surface area contributed by atoms with Gasteiger partial charge in [-0.25, -0.2) is 0 Å². The van der Waals surface area contributed by atoms with Crippen molar-refractivity contribution in [1.29, 1.82) is 0 Å². The van der Waals surface area contributed by atoms with Gasteiger partial charge in [0.15, 0.2) is 0 Å². The average molecular weight is 415 g/mol. The first-order valence-electron chi connectivity index (χ1n) is 8.44. The van der Waals surface area contributed by atoms with E-state index in [2.05, 4.69) is 46.9 Å². The monoisotopic (exact) mass is 414 g/mol. The molecule has 0 aromatic heterocycles. The zero-order valence-electron chi connectivity index (χ0n) is 15.5. The van der Waals surface area contributed by atoms with E-state index in [1.54, 1.807) is 26.4 Å². The van der Waals surface area contributed by atoms with Gasteiger partial charge in [0.1, 0.15) is 16.0 Å². The van der Waals surface area contributed by atoms with Gasteiger partial charge < -0.3 is 19.5 Å². The second-order valence-corrected chi connectivity index (χ2v) is 7.26. The van der Waals surface area contributed by atoms with Crippen LogP contribution in [0.25, 0.3) is 0 Å². The minimum atomic E-state index is -0.148. The Balaban J connectivity index is 2.00. The number of methoxy groups -OCH3 is 2. The van der Waals surface area contributed by atoms with Crippen LogP contribution in [-0.2, 0) is 4.74 Å². The van der Waals surface area contributed by atoms with E-state index < -0.39 is 0 Å². The molecule has 1 N–H and O–H groups in total. The highest BCUT2D eigenvalue weighted by atomic mass is 79.9. The lowest BCUT2D eigenvalue weighted by molar-refractivity contribution is -0.0778. The normalized spacial score (nSPS) is 22.3. The van der Waals surface area contributed by atoms with Gasteiger partial charge in [0.25, 0.3) is 5.91 Å².